The Kier molecular flexibility index (Phi) is 5.51. The molecule has 0 aliphatic rings. The molecule has 0 radical (unpaired) electrons. The monoisotopic (exact) mass is 158 g/mol. The van der Waals surface area contributed by atoms with Crippen LogP contribution in [0.2, 0.25) is 0 Å². The molecular formula is C9H22N2. The summed E-state index contributed by atoms with van der Waals surface area (Å²) in [6.45, 7) is 8.96. The molecule has 2 nitrogen and oxygen atoms in total. The molecule has 11 heavy (non-hydrogen) atoms. The highest BCUT2D eigenvalue weighted by atomic mass is 15.3. The Bertz CT molecular complexity index is 93.6. The Balaban J connectivity index is 3.70. The molecule has 0 aliphatic carbocycles. The molecule has 0 amide bonds. The molecule has 0 heterocycles. The first-order valence-electron chi connectivity index (χ1n) is 4.53. The van der Waals surface area contributed by atoms with Crippen LogP contribution < -0.4 is 0 Å². The van der Waals surface area contributed by atoms with E-state index in [9.17, 15) is 0 Å². The highest BCUT2D eigenvalue weighted by molar-refractivity contribution is 4.60. The van der Waals surface area contributed by atoms with Crippen LogP contribution in [0.1, 0.15) is 27.2 Å². The summed E-state index contributed by atoms with van der Waals surface area (Å²) >= 11 is 0. The van der Waals surface area contributed by atoms with Crippen LogP contribution in [-0.2, 0) is 0 Å². The third-order valence-electron chi connectivity index (χ3n) is 2.35. The van der Waals surface area contributed by atoms with Crippen LogP contribution in [0, 0.1) is 0 Å². The fourth-order valence-electron chi connectivity index (χ4n) is 1.14. The van der Waals surface area contributed by atoms with Gasteiger partial charge in [0.25, 0.3) is 0 Å². The first-order valence-corrected chi connectivity index (χ1v) is 4.53. The van der Waals surface area contributed by atoms with Crippen LogP contribution in [0.25, 0.3) is 0 Å². The Morgan fingerprint density at radius 1 is 1.09 bits per heavy atom. The van der Waals surface area contributed by atoms with Gasteiger partial charge in [0.05, 0.1) is 6.17 Å². The Hall–Kier alpha value is -0.0800. The quantitative estimate of drug-likeness (QED) is 0.561. The maximum absolute atomic E-state index is 2.38. The van der Waals surface area contributed by atoms with Gasteiger partial charge in [-0.15, -0.1) is 0 Å². The van der Waals surface area contributed by atoms with Gasteiger partial charge < -0.3 is 0 Å². The van der Waals surface area contributed by atoms with E-state index in [2.05, 4.69) is 44.7 Å². The van der Waals surface area contributed by atoms with Crippen LogP contribution in [0.3, 0.4) is 0 Å². The first-order chi connectivity index (χ1) is 5.13. The van der Waals surface area contributed by atoms with Crippen molar-refractivity contribution in [3.63, 3.8) is 0 Å². The van der Waals surface area contributed by atoms with Crippen molar-refractivity contribution < 1.29 is 0 Å². The minimum atomic E-state index is 0.569. The van der Waals surface area contributed by atoms with E-state index < -0.39 is 0 Å². The van der Waals surface area contributed by atoms with Gasteiger partial charge >= 0.3 is 0 Å². The molecule has 0 N–H and O–H groups in total. The van der Waals surface area contributed by atoms with E-state index in [4.69, 9.17) is 0 Å². The van der Waals surface area contributed by atoms with Gasteiger partial charge in [0, 0.05) is 0 Å². The minimum absolute atomic E-state index is 0.569. The van der Waals surface area contributed by atoms with Gasteiger partial charge in [-0.1, -0.05) is 13.8 Å². The lowest BCUT2D eigenvalue weighted by molar-refractivity contribution is 0.103. The van der Waals surface area contributed by atoms with E-state index in [1.807, 2.05) is 0 Å². The van der Waals surface area contributed by atoms with E-state index in [0.717, 1.165) is 6.54 Å². The predicted octanol–water partition coefficient (Wildman–Crippen LogP) is 1.63. The van der Waals surface area contributed by atoms with E-state index in [1.165, 1.54) is 13.0 Å². The van der Waals surface area contributed by atoms with Crippen LogP contribution >= 0.6 is 0 Å². The summed E-state index contributed by atoms with van der Waals surface area (Å²) in [5.41, 5.74) is 0. The standard InChI is InChI=1S/C9H22N2/c1-6-8-11(5)9(3)10(4)7-2/h9H,6-8H2,1-5H3. The lowest BCUT2D eigenvalue weighted by Gasteiger charge is -2.31. The summed E-state index contributed by atoms with van der Waals surface area (Å²) in [6.07, 6.45) is 1.80. The lowest BCUT2D eigenvalue weighted by Crippen LogP contribution is -2.42. The summed E-state index contributed by atoms with van der Waals surface area (Å²) in [7, 11) is 4.34. The molecular weight excluding hydrogens is 136 g/mol. The maximum atomic E-state index is 2.38. The van der Waals surface area contributed by atoms with Crippen molar-refractivity contribution in [1.29, 1.82) is 0 Å². The van der Waals surface area contributed by atoms with Crippen molar-refractivity contribution >= 4 is 0 Å². The average molecular weight is 158 g/mol. The molecule has 0 saturated carbocycles. The van der Waals surface area contributed by atoms with E-state index >= 15 is 0 Å². The predicted molar refractivity (Wildman–Crippen MR) is 50.7 cm³/mol. The second-order valence-corrected chi connectivity index (χ2v) is 3.19. The van der Waals surface area contributed by atoms with Gasteiger partial charge in [-0.25, -0.2) is 0 Å². The van der Waals surface area contributed by atoms with Crippen molar-refractivity contribution in [2.45, 2.75) is 33.4 Å². The third-order valence-corrected chi connectivity index (χ3v) is 2.35. The molecule has 1 unspecified atom stereocenters. The normalized spacial score (nSPS) is 14.5. The molecule has 0 aliphatic heterocycles. The summed E-state index contributed by atoms with van der Waals surface area (Å²) < 4.78 is 0. The molecule has 2 heteroatoms. The largest absolute Gasteiger partial charge is 0.291 e. The van der Waals surface area contributed by atoms with Crippen LogP contribution in [-0.4, -0.2) is 43.2 Å². The van der Waals surface area contributed by atoms with Crippen molar-refractivity contribution in [1.82, 2.24) is 9.80 Å². The molecule has 0 rings (SSSR count). The van der Waals surface area contributed by atoms with E-state index in [-0.39, 0.29) is 0 Å². The summed E-state index contributed by atoms with van der Waals surface area (Å²) in [5.74, 6) is 0. The minimum Gasteiger partial charge on any atom is -0.291 e. The van der Waals surface area contributed by atoms with Gasteiger partial charge in [0.15, 0.2) is 0 Å². The highest BCUT2D eigenvalue weighted by Crippen LogP contribution is 2.00. The molecule has 0 aromatic carbocycles. The first kappa shape index (κ1) is 10.9. The molecule has 0 fully saturated rings. The van der Waals surface area contributed by atoms with Crippen molar-refractivity contribution in [3.05, 3.63) is 0 Å². The maximum Gasteiger partial charge on any atom is 0.0588 e. The highest BCUT2D eigenvalue weighted by Gasteiger charge is 2.10. The molecule has 0 bridgehead atoms. The Labute approximate surface area is 71.2 Å². The zero-order valence-electron chi connectivity index (χ0n) is 8.59. The van der Waals surface area contributed by atoms with E-state index in [1.54, 1.807) is 0 Å². The van der Waals surface area contributed by atoms with Crippen molar-refractivity contribution in [2.75, 3.05) is 27.2 Å². The molecule has 68 valence electrons. The van der Waals surface area contributed by atoms with Crippen LogP contribution in [0.15, 0.2) is 0 Å². The number of hydrogen-bond donors (Lipinski definition) is 0. The molecule has 0 saturated heterocycles. The fourth-order valence-corrected chi connectivity index (χ4v) is 1.14. The SMILES string of the molecule is CCCN(C)C(C)N(C)CC. The van der Waals surface area contributed by atoms with Gasteiger partial charge in [-0.2, -0.15) is 0 Å². The van der Waals surface area contributed by atoms with Crippen LogP contribution in [0.5, 0.6) is 0 Å². The molecule has 0 aromatic rings. The number of hydrogen-bond acceptors (Lipinski definition) is 2. The Morgan fingerprint density at radius 3 is 2.00 bits per heavy atom. The fraction of sp³-hybridized carbons (Fsp3) is 1.00. The lowest BCUT2D eigenvalue weighted by atomic mass is 10.3. The zero-order chi connectivity index (χ0) is 8.85. The van der Waals surface area contributed by atoms with Crippen molar-refractivity contribution in [3.8, 4) is 0 Å². The second kappa shape index (κ2) is 5.56. The van der Waals surface area contributed by atoms with Gasteiger partial charge in [-0.05, 0) is 40.5 Å². The summed E-state index contributed by atoms with van der Waals surface area (Å²) in [5, 5.41) is 0. The zero-order valence-corrected chi connectivity index (χ0v) is 8.59. The van der Waals surface area contributed by atoms with Gasteiger partial charge in [0.1, 0.15) is 0 Å². The molecule has 0 spiro atoms. The molecule has 0 aromatic heterocycles. The van der Waals surface area contributed by atoms with Gasteiger partial charge in [0.2, 0.25) is 0 Å². The third kappa shape index (κ3) is 3.73. The molecule has 1 atom stereocenters. The summed E-state index contributed by atoms with van der Waals surface area (Å²) in [6, 6.07) is 0. The topological polar surface area (TPSA) is 6.48 Å². The second-order valence-electron chi connectivity index (χ2n) is 3.19. The number of rotatable bonds is 5. The average Bonchev–Trinajstić information content (AvgIpc) is 2.02. The van der Waals surface area contributed by atoms with Crippen molar-refractivity contribution in [2.24, 2.45) is 0 Å². The smallest absolute Gasteiger partial charge is 0.0588 e. The summed E-state index contributed by atoms with van der Waals surface area (Å²) in [4.78, 5) is 4.72. The number of nitrogens with zero attached hydrogens (tertiary/aromatic N) is 2. The Morgan fingerprint density at radius 2 is 1.64 bits per heavy atom. The van der Waals surface area contributed by atoms with Gasteiger partial charge in [-0.3, -0.25) is 9.80 Å². The van der Waals surface area contributed by atoms with Crippen LogP contribution in [0.4, 0.5) is 0 Å². The van der Waals surface area contributed by atoms with E-state index in [0.29, 0.717) is 6.17 Å².